The van der Waals surface area contributed by atoms with Crippen LogP contribution in [0.2, 0.25) is 0 Å². The van der Waals surface area contributed by atoms with Crippen LogP contribution in [0.15, 0.2) is 11.1 Å². The van der Waals surface area contributed by atoms with Crippen molar-refractivity contribution in [1.29, 1.82) is 0 Å². The van der Waals surface area contributed by atoms with Crippen molar-refractivity contribution >= 4 is 6.29 Å². The maximum Gasteiger partial charge on any atom is 0.127 e. The fraction of sp³-hybridized carbons (Fsp3) is 0.750. The summed E-state index contributed by atoms with van der Waals surface area (Å²) in [5.41, 5.74) is 3.07. The second-order valence-electron chi connectivity index (χ2n) is 4.83. The van der Waals surface area contributed by atoms with Crippen LogP contribution in [0, 0.1) is 17.8 Å². The van der Waals surface area contributed by atoms with Crippen LogP contribution in [0.25, 0.3) is 0 Å². The molecule has 2 nitrogen and oxygen atoms in total. The molecule has 76 valence electrons. The van der Waals surface area contributed by atoms with E-state index in [1.54, 1.807) is 5.57 Å². The standard InChI is InChI=1S/C12H16O2/c1-14-11-5-8-4-10(11)9-3-2-7(6-13)12(8)9/h6-7,9-11H,2-5H2,1H3. The maximum atomic E-state index is 10.9. The van der Waals surface area contributed by atoms with Crippen molar-refractivity contribution in [2.24, 2.45) is 17.8 Å². The number of aldehydes is 1. The highest BCUT2D eigenvalue weighted by Crippen LogP contribution is 2.57. The first-order valence-electron chi connectivity index (χ1n) is 5.55. The summed E-state index contributed by atoms with van der Waals surface area (Å²) in [7, 11) is 1.82. The predicted octanol–water partition coefficient (Wildman–Crippen LogP) is 1.95. The van der Waals surface area contributed by atoms with E-state index in [4.69, 9.17) is 4.74 Å². The highest BCUT2D eigenvalue weighted by molar-refractivity contribution is 5.62. The third-order valence-electron chi connectivity index (χ3n) is 4.39. The smallest absolute Gasteiger partial charge is 0.127 e. The second kappa shape index (κ2) is 2.93. The predicted molar refractivity (Wildman–Crippen MR) is 52.8 cm³/mol. The largest absolute Gasteiger partial charge is 0.381 e. The summed E-state index contributed by atoms with van der Waals surface area (Å²) in [6.45, 7) is 0. The molecule has 0 N–H and O–H groups in total. The molecule has 4 unspecified atom stereocenters. The normalized spacial score (nSPS) is 44.6. The minimum absolute atomic E-state index is 0.262. The first-order chi connectivity index (χ1) is 6.85. The van der Waals surface area contributed by atoms with E-state index in [2.05, 4.69) is 0 Å². The van der Waals surface area contributed by atoms with Crippen LogP contribution in [-0.2, 0) is 9.53 Å². The zero-order chi connectivity index (χ0) is 9.71. The van der Waals surface area contributed by atoms with Crippen LogP contribution in [0.3, 0.4) is 0 Å². The zero-order valence-corrected chi connectivity index (χ0v) is 8.53. The zero-order valence-electron chi connectivity index (χ0n) is 8.53. The molecule has 3 aliphatic carbocycles. The van der Waals surface area contributed by atoms with E-state index in [1.165, 1.54) is 18.4 Å². The van der Waals surface area contributed by atoms with Gasteiger partial charge in [-0.25, -0.2) is 0 Å². The van der Waals surface area contributed by atoms with Gasteiger partial charge >= 0.3 is 0 Å². The molecule has 3 rings (SSSR count). The van der Waals surface area contributed by atoms with Crippen molar-refractivity contribution in [3.63, 3.8) is 0 Å². The fourth-order valence-corrected chi connectivity index (χ4v) is 3.84. The molecule has 2 saturated carbocycles. The minimum atomic E-state index is 0.262. The molecule has 0 saturated heterocycles. The highest BCUT2D eigenvalue weighted by Gasteiger charge is 2.50. The number of carbonyl (C=O) groups excluding carboxylic acids is 1. The van der Waals surface area contributed by atoms with Crippen LogP contribution in [0.4, 0.5) is 0 Å². The number of ether oxygens (including phenoxy) is 1. The molecule has 0 aliphatic heterocycles. The Labute approximate surface area is 84.3 Å². The molecule has 2 bridgehead atoms. The van der Waals surface area contributed by atoms with Crippen molar-refractivity contribution in [2.75, 3.05) is 7.11 Å². The van der Waals surface area contributed by atoms with E-state index in [-0.39, 0.29) is 5.92 Å². The quantitative estimate of drug-likeness (QED) is 0.493. The first-order valence-corrected chi connectivity index (χ1v) is 5.55. The van der Waals surface area contributed by atoms with Crippen molar-refractivity contribution in [1.82, 2.24) is 0 Å². The molecular weight excluding hydrogens is 176 g/mol. The summed E-state index contributed by atoms with van der Waals surface area (Å²) in [5.74, 6) is 1.66. The van der Waals surface area contributed by atoms with Gasteiger partial charge in [-0.2, -0.15) is 0 Å². The molecule has 0 radical (unpaired) electrons. The van der Waals surface area contributed by atoms with Crippen LogP contribution in [-0.4, -0.2) is 19.5 Å². The number of hydrogen-bond donors (Lipinski definition) is 0. The van der Waals surface area contributed by atoms with Crippen LogP contribution in [0.1, 0.15) is 25.7 Å². The van der Waals surface area contributed by atoms with E-state index >= 15 is 0 Å². The molecule has 14 heavy (non-hydrogen) atoms. The van der Waals surface area contributed by atoms with Gasteiger partial charge in [0.05, 0.1) is 6.10 Å². The average Bonchev–Trinajstić information content (AvgIpc) is 2.87. The number of methoxy groups -OCH3 is 1. The topological polar surface area (TPSA) is 26.3 Å². The molecule has 3 aliphatic rings. The second-order valence-corrected chi connectivity index (χ2v) is 4.83. The number of carbonyl (C=O) groups is 1. The highest BCUT2D eigenvalue weighted by atomic mass is 16.5. The van der Waals surface area contributed by atoms with Crippen molar-refractivity contribution in [3.8, 4) is 0 Å². The Morgan fingerprint density at radius 3 is 2.93 bits per heavy atom. The Balaban J connectivity index is 1.95. The summed E-state index contributed by atoms with van der Waals surface area (Å²) < 4.78 is 5.50. The third kappa shape index (κ3) is 0.924. The van der Waals surface area contributed by atoms with E-state index in [0.29, 0.717) is 17.9 Å². The van der Waals surface area contributed by atoms with Gasteiger partial charge in [0.2, 0.25) is 0 Å². The fourth-order valence-electron chi connectivity index (χ4n) is 3.84. The molecule has 2 fully saturated rings. The number of rotatable bonds is 2. The minimum Gasteiger partial charge on any atom is -0.381 e. The molecular formula is C12H16O2. The molecule has 0 spiro atoms. The van der Waals surface area contributed by atoms with Crippen LogP contribution < -0.4 is 0 Å². The van der Waals surface area contributed by atoms with Gasteiger partial charge in [0, 0.05) is 13.0 Å². The van der Waals surface area contributed by atoms with Crippen LogP contribution in [0.5, 0.6) is 0 Å². The Kier molecular flexibility index (Phi) is 1.81. The molecule has 2 heteroatoms. The SMILES string of the molecule is COC1CC2=C3C(C=O)CCC3C1C2. The lowest BCUT2D eigenvalue weighted by Crippen LogP contribution is -2.25. The maximum absolute atomic E-state index is 10.9. The summed E-state index contributed by atoms with van der Waals surface area (Å²) in [6.07, 6.45) is 6.21. The Morgan fingerprint density at radius 1 is 1.36 bits per heavy atom. The number of hydrogen-bond acceptors (Lipinski definition) is 2. The van der Waals surface area contributed by atoms with E-state index in [0.717, 1.165) is 19.1 Å². The lowest BCUT2D eigenvalue weighted by Gasteiger charge is -2.26. The van der Waals surface area contributed by atoms with Gasteiger partial charge in [0.1, 0.15) is 6.29 Å². The lowest BCUT2D eigenvalue weighted by molar-refractivity contribution is -0.110. The molecule has 0 amide bonds. The van der Waals surface area contributed by atoms with Gasteiger partial charge < -0.3 is 9.53 Å². The molecule has 4 atom stereocenters. The van der Waals surface area contributed by atoms with E-state index in [9.17, 15) is 4.79 Å². The Morgan fingerprint density at radius 2 is 2.21 bits per heavy atom. The van der Waals surface area contributed by atoms with Gasteiger partial charge in [-0.05, 0) is 37.5 Å². The summed E-state index contributed by atoms with van der Waals surface area (Å²) >= 11 is 0. The summed E-state index contributed by atoms with van der Waals surface area (Å²) in [4.78, 5) is 10.9. The molecule has 0 aromatic rings. The number of allylic oxidation sites excluding steroid dienone is 1. The number of fused-ring (bicyclic) bond motifs is 4. The average molecular weight is 192 g/mol. The van der Waals surface area contributed by atoms with Crippen molar-refractivity contribution in [2.45, 2.75) is 31.8 Å². The van der Waals surface area contributed by atoms with Crippen molar-refractivity contribution < 1.29 is 9.53 Å². The first kappa shape index (κ1) is 8.66. The Bertz CT molecular complexity index is 305. The Hall–Kier alpha value is -0.630. The summed E-state index contributed by atoms with van der Waals surface area (Å²) in [5, 5.41) is 0. The van der Waals surface area contributed by atoms with Crippen molar-refractivity contribution in [3.05, 3.63) is 11.1 Å². The lowest BCUT2D eigenvalue weighted by atomic mass is 9.85. The molecule has 0 aromatic heterocycles. The van der Waals surface area contributed by atoms with Gasteiger partial charge in [0.25, 0.3) is 0 Å². The van der Waals surface area contributed by atoms with Gasteiger partial charge in [-0.3, -0.25) is 0 Å². The van der Waals surface area contributed by atoms with Gasteiger partial charge in [-0.1, -0.05) is 11.1 Å². The molecule has 0 aromatic carbocycles. The third-order valence-corrected chi connectivity index (χ3v) is 4.39. The van der Waals surface area contributed by atoms with Crippen LogP contribution >= 0.6 is 0 Å². The van der Waals surface area contributed by atoms with E-state index in [1.807, 2.05) is 7.11 Å². The summed E-state index contributed by atoms with van der Waals surface area (Å²) in [6, 6.07) is 0. The van der Waals surface area contributed by atoms with E-state index < -0.39 is 0 Å². The monoisotopic (exact) mass is 192 g/mol. The van der Waals surface area contributed by atoms with Gasteiger partial charge in [-0.15, -0.1) is 0 Å². The van der Waals surface area contributed by atoms with Gasteiger partial charge in [0.15, 0.2) is 0 Å². The molecule has 0 heterocycles.